The molecule has 9 heteroatoms. The Morgan fingerprint density at radius 1 is 1.14 bits per heavy atom. The molecule has 0 aliphatic heterocycles. The van der Waals surface area contributed by atoms with Crippen molar-refractivity contribution >= 4 is 33.3 Å². The van der Waals surface area contributed by atoms with Crippen molar-refractivity contribution in [1.29, 1.82) is 0 Å². The maximum Gasteiger partial charge on any atom is 0.337 e. The van der Waals surface area contributed by atoms with Gasteiger partial charge in [0, 0.05) is 12.7 Å². The number of nitrogens with one attached hydrogen (secondary N) is 1. The fraction of sp³-hybridized carbons (Fsp3) is 0.300. The molecule has 8 nitrogen and oxygen atoms in total. The third kappa shape index (κ3) is 5.95. The second-order valence-corrected chi connectivity index (χ2v) is 8.31. The number of hydrogen-bond acceptors (Lipinski definition) is 6. The largest absolute Gasteiger partial charge is 0.481 e. The number of amides is 1. The molecule has 1 N–H and O–H groups in total. The smallest absolute Gasteiger partial charge is 0.337 e. The first-order valence-corrected chi connectivity index (χ1v) is 10.7. The normalized spacial score (nSPS) is 12.0. The molecule has 2 aromatic rings. The lowest BCUT2D eigenvalue weighted by Crippen LogP contribution is -2.32. The van der Waals surface area contributed by atoms with Crippen LogP contribution in [0.5, 0.6) is 5.75 Å². The molecule has 0 radical (unpaired) electrons. The molecule has 2 rings (SSSR count). The van der Waals surface area contributed by atoms with Crippen LogP contribution in [-0.4, -0.2) is 46.8 Å². The first-order chi connectivity index (χ1) is 13.7. The highest BCUT2D eigenvalue weighted by molar-refractivity contribution is 7.92. The van der Waals surface area contributed by atoms with Crippen molar-refractivity contribution in [2.75, 3.05) is 30.0 Å². The minimum absolute atomic E-state index is 0.324. The van der Waals surface area contributed by atoms with Gasteiger partial charge in [0.05, 0.1) is 24.6 Å². The summed E-state index contributed by atoms with van der Waals surface area (Å²) in [6.07, 6.45) is 0.757. The lowest BCUT2D eigenvalue weighted by atomic mass is 10.2. The highest BCUT2D eigenvalue weighted by Crippen LogP contribution is 2.22. The minimum Gasteiger partial charge on any atom is -0.481 e. The number of ether oxygens (including phenoxy) is 2. The Kier molecular flexibility index (Phi) is 7.22. The predicted molar refractivity (Wildman–Crippen MR) is 111 cm³/mol. The van der Waals surface area contributed by atoms with E-state index in [1.807, 2.05) is 0 Å². The van der Waals surface area contributed by atoms with Crippen LogP contribution in [0.1, 0.15) is 23.7 Å². The molecule has 0 spiro atoms. The highest BCUT2D eigenvalue weighted by Gasteiger charge is 2.20. The maximum atomic E-state index is 12.6. The lowest BCUT2D eigenvalue weighted by Gasteiger charge is -2.19. The molecule has 0 aliphatic rings. The number of nitrogens with zero attached hydrogens (tertiary/aromatic N) is 1. The van der Waals surface area contributed by atoms with Crippen molar-refractivity contribution in [1.82, 2.24) is 0 Å². The van der Waals surface area contributed by atoms with Crippen LogP contribution >= 0.6 is 0 Å². The van der Waals surface area contributed by atoms with Crippen LogP contribution in [0.4, 0.5) is 11.4 Å². The molecule has 0 heterocycles. The van der Waals surface area contributed by atoms with E-state index in [0.29, 0.717) is 29.1 Å². The van der Waals surface area contributed by atoms with Gasteiger partial charge in [0.25, 0.3) is 5.91 Å². The zero-order valence-electron chi connectivity index (χ0n) is 16.7. The van der Waals surface area contributed by atoms with Gasteiger partial charge >= 0.3 is 5.97 Å². The van der Waals surface area contributed by atoms with E-state index in [-0.39, 0.29) is 5.91 Å². The molecule has 156 valence electrons. The van der Waals surface area contributed by atoms with Gasteiger partial charge in [-0.1, -0.05) is 13.0 Å². The summed E-state index contributed by atoms with van der Waals surface area (Å²) in [5, 5.41) is 2.72. The van der Waals surface area contributed by atoms with Crippen LogP contribution in [0.25, 0.3) is 0 Å². The number of methoxy groups -OCH3 is 1. The fourth-order valence-electron chi connectivity index (χ4n) is 2.48. The summed E-state index contributed by atoms with van der Waals surface area (Å²) < 4.78 is 34.8. The van der Waals surface area contributed by atoms with Crippen molar-refractivity contribution in [2.45, 2.75) is 19.4 Å². The summed E-state index contributed by atoms with van der Waals surface area (Å²) in [4.78, 5) is 24.2. The Morgan fingerprint density at radius 2 is 1.79 bits per heavy atom. The molecular formula is C20H24N2O6S. The fourth-order valence-corrected chi connectivity index (χ4v) is 2.98. The zero-order valence-corrected chi connectivity index (χ0v) is 17.5. The average molecular weight is 420 g/mol. The minimum atomic E-state index is -3.36. The molecule has 0 aliphatic carbocycles. The molecule has 1 atom stereocenters. The Hall–Kier alpha value is -3.07. The van der Waals surface area contributed by atoms with Crippen molar-refractivity contribution in [2.24, 2.45) is 0 Å². The van der Waals surface area contributed by atoms with E-state index >= 15 is 0 Å². The number of esters is 1. The molecule has 0 aromatic heterocycles. The van der Waals surface area contributed by atoms with Crippen molar-refractivity contribution < 1.29 is 27.5 Å². The molecule has 0 fully saturated rings. The molecule has 1 amide bonds. The Labute approximate surface area is 170 Å². The van der Waals surface area contributed by atoms with E-state index in [1.165, 1.54) is 20.2 Å². The topological polar surface area (TPSA) is 102 Å². The number of carbonyl (C=O) groups is 2. The van der Waals surface area contributed by atoms with Gasteiger partial charge in [-0.25, -0.2) is 13.2 Å². The zero-order chi connectivity index (χ0) is 21.6. The van der Waals surface area contributed by atoms with E-state index in [4.69, 9.17) is 4.74 Å². The summed E-state index contributed by atoms with van der Waals surface area (Å²) in [6, 6.07) is 12.8. The second kappa shape index (κ2) is 9.42. The van der Waals surface area contributed by atoms with Crippen LogP contribution < -0.4 is 14.4 Å². The van der Waals surface area contributed by atoms with Gasteiger partial charge in [-0.3, -0.25) is 9.10 Å². The van der Waals surface area contributed by atoms with E-state index in [0.717, 1.165) is 10.6 Å². The average Bonchev–Trinajstić information content (AvgIpc) is 2.70. The number of hydrogen-bond donors (Lipinski definition) is 1. The standard InChI is InChI=1S/C20H24N2O6S/c1-5-18(19(23)21-15-8-6-7-14(13-15)20(24)27-3)28-17-11-9-16(10-12-17)22(2)29(4,25)26/h6-13,18H,5H2,1-4H3,(H,21,23)/t18-/m0/s1. The number of benzene rings is 2. The van der Waals surface area contributed by atoms with Crippen molar-refractivity contribution in [3.8, 4) is 5.75 Å². The van der Waals surface area contributed by atoms with Gasteiger partial charge in [0.1, 0.15) is 5.75 Å². The van der Waals surface area contributed by atoms with Crippen molar-refractivity contribution in [3.05, 3.63) is 54.1 Å². The Bertz CT molecular complexity index is 973. The number of rotatable bonds is 8. The highest BCUT2D eigenvalue weighted by atomic mass is 32.2. The van der Waals surface area contributed by atoms with Gasteiger partial charge in [-0.05, 0) is 48.9 Å². The van der Waals surface area contributed by atoms with Gasteiger partial charge in [0.2, 0.25) is 10.0 Å². The number of anilines is 2. The van der Waals surface area contributed by atoms with Gasteiger partial charge in [0.15, 0.2) is 6.10 Å². The monoisotopic (exact) mass is 420 g/mol. The lowest BCUT2D eigenvalue weighted by molar-refractivity contribution is -0.122. The third-order valence-corrected chi connectivity index (χ3v) is 5.40. The van der Waals surface area contributed by atoms with E-state index < -0.39 is 22.1 Å². The second-order valence-electron chi connectivity index (χ2n) is 6.30. The molecule has 2 aromatic carbocycles. The van der Waals surface area contributed by atoms with Crippen LogP contribution in [0.15, 0.2) is 48.5 Å². The summed E-state index contributed by atoms with van der Waals surface area (Å²) in [5.41, 5.74) is 1.26. The van der Waals surface area contributed by atoms with E-state index in [2.05, 4.69) is 10.1 Å². The van der Waals surface area contributed by atoms with Crippen LogP contribution in [0.2, 0.25) is 0 Å². The van der Waals surface area contributed by atoms with Gasteiger partial charge in [-0.2, -0.15) is 0 Å². The van der Waals surface area contributed by atoms with Crippen LogP contribution in [-0.2, 0) is 19.6 Å². The molecule has 0 saturated heterocycles. The Morgan fingerprint density at radius 3 is 2.34 bits per heavy atom. The first kappa shape index (κ1) is 22.2. The van der Waals surface area contributed by atoms with Gasteiger partial charge < -0.3 is 14.8 Å². The summed E-state index contributed by atoms with van der Waals surface area (Å²) in [6.45, 7) is 1.81. The van der Waals surface area contributed by atoms with Crippen molar-refractivity contribution in [3.63, 3.8) is 0 Å². The summed E-state index contributed by atoms with van der Waals surface area (Å²) in [5.74, 6) is -0.434. The summed E-state index contributed by atoms with van der Waals surface area (Å²) >= 11 is 0. The first-order valence-electron chi connectivity index (χ1n) is 8.85. The van der Waals surface area contributed by atoms with E-state index in [9.17, 15) is 18.0 Å². The molecule has 29 heavy (non-hydrogen) atoms. The van der Waals surface area contributed by atoms with Gasteiger partial charge in [-0.15, -0.1) is 0 Å². The number of carbonyl (C=O) groups excluding carboxylic acids is 2. The number of sulfonamides is 1. The molecule has 0 saturated carbocycles. The van der Waals surface area contributed by atoms with Crippen LogP contribution in [0, 0.1) is 0 Å². The maximum absolute atomic E-state index is 12.6. The molecule has 0 unspecified atom stereocenters. The van der Waals surface area contributed by atoms with Crippen LogP contribution in [0.3, 0.4) is 0 Å². The Balaban J connectivity index is 2.08. The quantitative estimate of drug-likeness (QED) is 0.659. The van der Waals surface area contributed by atoms with E-state index in [1.54, 1.807) is 49.4 Å². The summed E-state index contributed by atoms with van der Waals surface area (Å²) in [7, 11) is -0.621. The predicted octanol–water partition coefficient (Wildman–Crippen LogP) is 2.67. The molecule has 0 bridgehead atoms. The molecular weight excluding hydrogens is 396 g/mol. The SMILES string of the molecule is CC[C@H](Oc1ccc(N(C)S(C)(=O)=O)cc1)C(=O)Nc1cccc(C(=O)OC)c1. The third-order valence-electron chi connectivity index (χ3n) is 4.19.